The number of nitrogens with zero attached hydrogens (tertiary/aromatic N) is 3. The summed E-state index contributed by atoms with van der Waals surface area (Å²) in [4.78, 5) is 26.9. The van der Waals surface area contributed by atoms with Gasteiger partial charge in [0.1, 0.15) is 0 Å². The van der Waals surface area contributed by atoms with Crippen LogP contribution in [0.15, 0.2) is 5.51 Å². The maximum absolute atomic E-state index is 13.0. The van der Waals surface area contributed by atoms with Crippen LogP contribution in [0, 0.1) is 18.3 Å². The lowest BCUT2D eigenvalue weighted by Gasteiger charge is -2.35. The lowest BCUT2D eigenvalue weighted by molar-refractivity contribution is -0.204. The zero-order valence-electron chi connectivity index (χ0n) is 14.5. The highest BCUT2D eigenvalue weighted by molar-refractivity contribution is 7.09. The molecule has 1 aromatic rings. The summed E-state index contributed by atoms with van der Waals surface area (Å²) in [5, 5.41) is 1.68. The van der Waals surface area contributed by atoms with Crippen molar-refractivity contribution < 1.29 is 9.63 Å². The van der Waals surface area contributed by atoms with Crippen molar-refractivity contribution in [2.75, 3.05) is 26.2 Å². The number of likely N-dealkylation sites (tertiary alicyclic amines) is 1. The van der Waals surface area contributed by atoms with Crippen molar-refractivity contribution >= 4 is 17.2 Å². The molecule has 2 saturated heterocycles. The van der Waals surface area contributed by atoms with Gasteiger partial charge in [-0.2, -0.15) is 0 Å². The molecule has 1 aliphatic carbocycles. The number of thiazole rings is 1. The van der Waals surface area contributed by atoms with Crippen molar-refractivity contribution in [3.63, 3.8) is 0 Å². The Morgan fingerprint density at radius 2 is 2.29 bits per heavy atom. The zero-order chi connectivity index (χ0) is 16.6. The second kappa shape index (κ2) is 6.73. The van der Waals surface area contributed by atoms with Crippen molar-refractivity contribution in [3.8, 4) is 0 Å². The fourth-order valence-corrected chi connectivity index (χ4v) is 5.58. The van der Waals surface area contributed by atoms with Gasteiger partial charge in [0.15, 0.2) is 0 Å². The first-order chi connectivity index (χ1) is 11.7. The van der Waals surface area contributed by atoms with Crippen LogP contribution in [0.25, 0.3) is 0 Å². The maximum Gasteiger partial charge on any atom is 0.249 e. The van der Waals surface area contributed by atoms with Gasteiger partial charge in [0.2, 0.25) is 5.91 Å². The topological polar surface area (TPSA) is 45.7 Å². The average Bonchev–Trinajstić information content (AvgIpc) is 3.31. The number of aryl methyl sites for hydroxylation is 1. The summed E-state index contributed by atoms with van der Waals surface area (Å²) >= 11 is 1.75. The number of rotatable bonds is 3. The molecule has 1 spiro atoms. The predicted octanol–water partition coefficient (Wildman–Crippen LogP) is 3.00. The summed E-state index contributed by atoms with van der Waals surface area (Å²) in [5.74, 6) is 0.408. The highest BCUT2D eigenvalue weighted by Crippen LogP contribution is 2.50. The van der Waals surface area contributed by atoms with Gasteiger partial charge in [0, 0.05) is 30.4 Å². The summed E-state index contributed by atoms with van der Waals surface area (Å²) < 4.78 is 0. The van der Waals surface area contributed by atoms with E-state index in [0.29, 0.717) is 6.61 Å². The Labute approximate surface area is 147 Å². The highest BCUT2D eigenvalue weighted by atomic mass is 32.1. The van der Waals surface area contributed by atoms with E-state index >= 15 is 0 Å². The van der Waals surface area contributed by atoms with E-state index in [1.165, 1.54) is 17.7 Å². The first-order valence-electron chi connectivity index (χ1n) is 9.24. The lowest BCUT2D eigenvalue weighted by Crippen LogP contribution is -2.45. The van der Waals surface area contributed by atoms with Crippen molar-refractivity contribution in [1.82, 2.24) is 14.9 Å². The van der Waals surface area contributed by atoms with Gasteiger partial charge >= 0.3 is 0 Å². The molecule has 1 aromatic heterocycles. The summed E-state index contributed by atoms with van der Waals surface area (Å²) in [6.07, 6.45) is 6.69. The number of carbonyl (C=O) groups excluding carboxylic acids is 1. The summed E-state index contributed by atoms with van der Waals surface area (Å²) in [6.45, 7) is 6.70. The van der Waals surface area contributed by atoms with Crippen LogP contribution in [0.4, 0.5) is 0 Å². The Balaban J connectivity index is 1.44. The van der Waals surface area contributed by atoms with Gasteiger partial charge in [0.05, 0.1) is 17.8 Å². The van der Waals surface area contributed by atoms with E-state index in [1.807, 2.05) is 5.51 Å². The van der Waals surface area contributed by atoms with Gasteiger partial charge in [-0.05, 0) is 51.0 Å². The fourth-order valence-electron chi connectivity index (χ4n) is 4.76. The molecule has 1 saturated carbocycles. The largest absolute Gasteiger partial charge is 0.298 e. The third kappa shape index (κ3) is 3.00. The van der Waals surface area contributed by atoms with Crippen LogP contribution >= 0.6 is 11.3 Å². The van der Waals surface area contributed by atoms with Crippen molar-refractivity contribution in [2.24, 2.45) is 11.3 Å². The number of hydrogen-bond acceptors (Lipinski definition) is 5. The van der Waals surface area contributed by atoms with Gasteiger partial charge in [-0.15, -0.1) is 11.3 Å². The third-order valence-corrected chi connectivity index (χ3v) is 7.05. The van der Waals surface area contributed by atoms with E-state index in [4.69, 9.17) is 4.84 Å². The molecule has 5 nitrogen and oxygen atoms in total. The summed E-state index contributed by atoms with van der Waals surface area (Å²) in [5.41, 5.74) is 3.27. The van der Waals surface area contributed by atoms with Crippen LogP contribution < -0.4 is 0 Å². The molecule has 2 atom stereocenters. The molecular formula is C18H27N3O2S. The Bertz CT molecular complexity index is 599. The van der Waals surface area contributed by atoms with E-state index in [9.17, 15) is 4.79 Å². The molecule has 0 N–H and O–H groups in total. The van der Waals surface area contributed by atoms with Crippen molar-refractivity contribution in [1.29, 1.82) is 0 Å². The lowest BCUT2D eigenvalue weighted by atomic mass is 9.76. The minimum Gasteiger partial charge on any atom is -0.298 e. The normalized spacial score (nSPS) is 31.2. The number of amides is 1. The number of hydroxylamine groups is 2. The first-order valence-corrected chi connectivity index (χ1v) is 10.1. The Hall–Kier alpha value is -0.980. The summed E-state index contributed by atoms with van der Waals surface area (Å²) in [7, 11) is 0. The SMILES string of the molecule is Cc1ncsc1CN1CC[C@]2(CCC[C@@H]2C(=O)N2CCCCO2)C1. The van der Waals surface area contributed by atoms with E-state index in [0.717, 1.165) is 57.6 Å². The molecule has 1 amide bonds. The molecular weight excluding hydrogens is 322 g/mol. The maximum atomic E-state index is 13.0. The number of carbonyl (C=O) groups is 1. The van der Waals surface area contributed by atoms with Gasteiger partial charge in [0.25, 0.3) is 0 Å². The molecule has 0 radical (unpaired) electrons. The zero-order valence-corrected chi connectivity index (χ0v) is 15.3. The second-order valence-electron chi connectivity index (χ2n) is 7.61. The van der Waals surface area contributed by atoms with Gasteiger partial charge in [-0.1, -0.05) is 6.42 Å². The molecule has 0 unspecified atom stereocenters. The molecule has 6 heteroatoms. The van der Waals surface area contributed by atoms with Gasteiger partial charge in [-0.25, -0.2) is 10.0 Å². The van der Waals surface area contributed by atoms with Crippen LogP contribution in [-0.2, 0) is 16.2 Å². The molecule has 3 heterocycles. The van der Waals surface area contributed by atoms with E-state index in [-0.39, 0.29) is 17.2 Å². The van der Waals surface area contributed by atoms with Crippen LogP contribution in [0.2, 0.25) is 0 Å². The molecule has 24 heavy (non-hydrogen) atoms. The Morgan fingerprint density at radius 3 is 3.04 bits per heavy atom. The smallest absolute Gasteiger partial charge is 0.249 e. The summed E-state index contributed by atoms with van der Waals surface area (Å²) in [6, 6.07) is 0. The molecule has 3 aliphatic rings. The van der Waals surface area contributed by atoms with E-state index in [1.54, 1.807) is 16.4 Å². The van der Waals surface area contributed by atoms with Crippen LogP contribution in [0.5, 0.6) is 0 Å². The van der Waals surface area contributed by atoms with Gasteiger partial charge in [-0.3, -0.25) is 14.5 Å². The minimum absolute atomic E-state index is 0.156. The minimum atomic E-state index is 0.156. The second-order valence-corrected chi connectivity index (χ2v) is 8.55. The molecule has 132 valence electrons. The molecule has 0 bridgehead atoms. The number of aromatic nitrogens is 1. The van der Waals surface area contributed by atoms with E-state index < -0.39 is 0 Å². The molecule has 0 aromatic carbocycles. The van der Waals surface area contributed by atoms with Crippen LogP contribution in [-0.4, -0.2) is 47.1 Å². The quantitative estimate of drug-likeness (QED) is 0.841. The molecule has 4 rings (SSSR count). The van der Waals surface area contributed by atoms with Crippen LogP contribution in [0.3, 0.4) is 0 Å². The highest BCUT2D eigenvalue weighted by Gasteiger charge is 2.51. The average molecular weight is 350 g/mol. The Morgan fingerprint density at radius 1 is 1.38 bits per heavy atom. The Kier molecular flexibility index (Phi) is 4.62. The molecule has 3 fully saturated rings. The third-order valence-electron chi connectivity index (χ3n) is 6.13. The standard InChI is InChI=1S/C18H27N3O2S/c1-14-16(24-13-19-14)11-20-9-7-18(12-20)6-4-5-15(18)17(22)21-8-2-3-10-23-21/h13,15H,2-12H2,1H3/t15-,18-/m1/s1. The fraction of sp³-hybridized carbons (Fsp3) is 0.778. The van der Waals surface area contributed by atoms with Crippen LogP contribution in [0.1, 0.15) is 49.1 Å². The van der Waals surface area contributed by atoms with E-state index in [2.05, 4.69) is 16.8 Å². The van der Waals surface area contributed by atoms with Crippen molar-refractivity contribution in [3.05, 3.63) is 16.1 Å². The first kappa shape index (κ1) is 16.5. The predicted molar refractivity (Wildman–Crippen MR) is 93.4 cm³/mol. The van der Waals surface area contributed by atoms with Gasteiger partial charge < -0.3 is 0 Å². The number of hydrogen-bond donors (Lipinski definition) is 0. The molecule has 2 aliphatic heterocycles. The van der Waals surface area contributed by atoms with Crippen molar-refractivity contribution in [2.45, 2.75) is 52.0 Å². The monoisotopic (exact) mass is 349 g/mol.